The van der Waals surface area contributed by atoms with Crippen molar-refractivity contribution in [2.75, 3.05) is 0 Å². The summed E-state index contributed by atoms with van der Waals surface area (Å²) in [5.41, 5.74) is -0.150. The van der Waals surface area contributed by atoms with Gasteiger partial charge in [-0.2, -0.15) is 0 Å². The Labute approximate surface area is 259 Å². The van der Waals surface area contributed by atoms with E-state index < -0.39 is 5.60 Å². The maximum absolute atomic E-state index is 10.8. The lowest BCUT2D eigenvalue weighted by molar-refractivity contribution is -0.0765. The number of benzene rings is 1. The fourth-order valence-corrected chi connectivity index (χ4v) is 6.94. The molecule has 0 aliphatic heterocycles. The normalized spacial score (nSPS) is 20.9. The average Bonchev–Trinajstić information content (AvgIpc) is 3.88. The number of rotatable bonds is 6. The molecule has 1 heterocycles. The van der Waals surface area contributed by atoms with E-state index in [9.17, 15) is 15.3 Å². The summed E-state index contributed by atoms with van der Waals surface area (Å²) >= 11 is 0. The molecule has 240 valence electrons. The van der Waals surface area contributed by atoms with Crippen molar-refractivity contribution in [3.8, 4) is 0 Å². The Bertz CT molecular complexity index is 892. The Kier molecular flexibility index (Phi) is 15.4. The number of aromatic nitrogens is 1. The summed E-state index contributed by atoms with van der Waals surface area (Å²) in [6.07, 6.45) is 20.0. The van der Waals surface area contributed by atoms with Gasteiger partial charge >= 0.3 is 0 Å². The van der Waals surface area contributed by atoms with Crippen LogP contribution in [-0.2, 0) is 5.60 Å². The summed E-state index contributed by atoms with van der Waals surface area (Å²) < 4.78 is 0. The molecule has 0 bridgehead atoms. The molecule has 1 atom stereocenters. The smallest absolute Gasteiger partial charge is 0.129 e. The fourth-order valence-electron chi connectivity index (χ4n) is 6.94. The second-order valence-electron chi connectivity index (χ2n) is 13.3. The van der Waals surface area contributed by atoms with Crippen molar-refractivity contribution in [3.63, 3.8) is 0 Å². The minimum atomic E-state index is -1.03. The molecule has 3 N–H and O–H groups in total. The van der Waals surface area contributed by atoms with Crippen LogP contribution in [0.15, 0.2) is 54.7 Å². The zero-order valence-electron chi connectivity index (χ0n) is 24.7. The van der Waals surface area contributed by atoms with Crippen LogP contribution in [0.5, 0.6) is 0 Å². The van der Waals surface area contributed by atoms with Crippen LogP contribution in [0.4, 0.5) is 0 Å². The van der Waals surface area contributed by atoms with E-state index >= 15 is 0 Å². The molecular formula is C38H65NO3. The summed E-state index contributed by atoms with van der Waals surface area (Å²) in [5.74, 6) is 2.50. The Morgan fingerprint density at radius 2 is 0.905 bits per heavy atom. The van der Waals surface area contributed by atoms with Crippen molar-refractivity contribution < 1.29 is 15.3 Å². The predicted octanol–water partition coefficient (Wildman–Crippen LogP) is 9.70. The van der Waals surface area contributed by atoms with Crippen molar-refractivity contribution in [1.82, 2.24) is 4.98 Å². The quantitative estimate of drug-likeness (QED) is 0.316. The lowest BCUT2D eigenvalue weighted by atomic mass is 9.67. The van der Waals surface area contributed by atoms with E-state index in [0.29, 0.717) is 29.4 Å². The van der Waals surface area contributed by atoms with Crippen LogP contribution in [0.25, 0.3) is 0 Å². The second-order valence-corrected chi connectivity index (χ2v) is 13.3. The molecule has 1 unspecified atom stereocenters. The van der Waals surface area contributed by atoms with E-state index in [4.69, 9.17) is 0 Å². The zero-order valence-corrected chi connectivity index (χ0v) is 24.7. The van der Waals surface area contributed by atoms with Gasteiger partial charge in [-0.25, -0.2) is 0 Å². The van der Waals surface area contributed by atoms with Gasteiger partial charge in [0.2, 0.25) is 0 Å². The van der Waals surface area contributed by atoms with Gasteiger partial charge in [-0.15, -0.1) is 0 Å². The van der Waals surface area contributed by atoms with Crippen LogP contribution in [0.1, 0.15) is 144 Å². The Hall–Kier alpha value is -1.75. The minimum absolute atomic E-state index is 0. The third-order valence-corrected chi connectivity index (χ3v) is 10.2. The lowest BCUT2D eigenvalue weighted by Crippen LogP contribution is -2.44. The van der Waals surface area contributed by atoms with Crippen molar-refractivity contribution in [2.24, 2.45) is 23.7 Å². The van der Waals surface area contributed by atoms with E-state index in [2.05, 4.69) is 11.9 Å². The van der Waals surface area contributed by atoms with Crippen LogP contribution in [0.3, 0.4) is 0 Å². The van der Waals surface area contributed by atoms with Crippen LogP contribution >= 0.6 is 0 Å². The monoisotopic (exact) mass is 583 g/mol. The molecule has 4 heteroatoms. The van der Waals surface area contributed by atoms with Crippen LogP contribution in [-0.4, -0.2) is 31.5 Å². The minimum Gasteiger partial charge on any atom is -0.390 e. The highest BCUT2D eigenvalue weighted by molar-refractivity contribution is 5.30. The van der Waals surface area contributed by atoms with Crippen LogP contribution in [0, 0.1) is 23.7 Å². The molecule has 1 aromatic carbocycles. The van der Waals surface area contributed by atoms with E-state index in [1.165, 1.54) is 89.9 Å². The molecule has 4 saturated carbocycles. The molecule has 4 fully saturated rings. The third kappa shape index (κ3) is 10.2. The number of hydrogen-bond acceptors (Lipinski definition) is 4. The Morgan fingerprint density at radius 1 is 0.524 bits per heavy atom. The molecule has 0 saturated heterocycles. The summed E-state index contributed by atoms with van der Waals surface area (Å²) in [6, 6.07) is 15.1. The van der Waals surface area contributed by atoms with Gasteiger partial charge in [0, 0.05) is 6.20 Å². The predicted molar refractivity (Wildman–Crippen MR) is 179 cm³/mol. The molecule has 0 amide bonds. The first-order valence-electron chi connectivity index (χ1n) is 15.8. The molecule has 4 aliphatic carbocycles. The first-order valence-corrected chi connectivity index (χ1v) is 15.8. The first-order chi connectivity index (χ1) is 18.6. The maximum Gasteiger partial charge on any atom is 0.129 e. The van der Waals surface area contributed by atoms with Gasteiger partial charge in [-0.1, -0.05) is 97.2 Å². The highest BCUT2D eigenvalue weighted by Crippen LogP contribution is 2.51. The summed E-state index contributed by atoms with van der Waals surface area (Å²) in [6.45, 7) is 5.89. The molecule has 6 rings (SSSR count). The average molecular weight is 584 g/mol. The molecule has 4 nitrogen and oxygen atoms in total. The van der Waals surface area contributed by atoms with Crippen molar-refractivity contribution in [2.45, 2.75) is 150 Å². The van der Waals surface area contributed by atoms with Crippen LogP contribution in [0.2, 0.25) is 0 Å². The SMILES string of the molecule is C.C.C.CC(O)(C1CC1)C1CC1.CC(O)(C1CCCCC1)C1CCCCC1.CC(O)(c1ccccc1)c1ccccn1. The number of hydrogen-bond donors (Lipinski definition) is 3. The molecule has 1 aromatic heterocycles. The van der Waals surface area contributed by atoms with E-state index in [-0.39, 0.29) is 33.5 Å². The van der Waals surface area contributed by atoms with Gasteiger partial charge < -0.3 is 15.3 Å². The van der Waals surface area contributed by atoms with Gasteiger partial charge in [0.05, 0.1) is 16.9 Å². The molecule has 2 aromatic rings. The van der Waals surface area contributed by atoms with Gasteiger partial charge in [0.15, 0.2) is 0 Å². The molecule has 4 aliphatic rings. The van der Waals surface area contributed by atoms with Gasteiger partial charge in [0.1, 0.15) is 5.60 Å². The second kappa shape index (κ2) is 16.9. The van der Waals surface area contributed by atoms with Crippen LogP contribution < -0.4 is 0 Å². The Balaban J connectivity index is 0.000000313. The highest BCUT2D eigenvalue weighted by atomic mass is 16.3. The summed E-state index contributed by atoms with van der Waals surface area (Å²) in [7, 11) is 0. The summed E-state index contributed by atoms with van der Waals surface area (Å²) in [4.78, 5) is 4.18. The standard InChI is InChI=1S/C14H26O.C13H13NO.C8H14O.3CH4/c1-14(15,12-8-4-2-5-9-12)13-10-6-3-7-11-13;1-13(15,11-7-3-2-4-8-11)12-9-5-6-10-14-12;1-8(9,6-2-3-6)7-4-5-7;;;/h12-13,15H,2-11H2,1H3;2-10,15H,1H3;6-7,9H,2-5H2,1H3;3*1H4. The largest absolute Gasteiger partial charge is 0.390 e. The van der Waals surface area contributed by atoms with Gasteiger partial charge in [0.25, 0.3) is 0 Å². The number of nitrogens with zero attached hydrogens (tertiary/aromatic N) is 1. The van der Waals surface area contributed by atoms with Crippen molar-refractivity contribution in [1.29, 1.82) is 0 Å². The van der Waals surface area contributed by atoms with Gasteiger partial charge in [-0.05, 0) is 114 Å². The molecular weight excluding hydrogens is 518 g/mol. The first kappa shape index (κ1) is 38.3. The molecule has 0 spiro atoms. The van der Waals surface area contributed by atoms with Gasteiger partial charge in [-0.3, -0.25) is 4.98 Å². The lowest BCUT2D eigenvalue weighted by Gasteiger charge is -2.43. The number of pyridine rings is 1. The molecule has 0 radical (unpaired) electrons. The Morgan fingerprint density at radius 3 is 1.26 bits per heavy atom. The fraction of sp³-hybridized carbons (Fsp3) is 0.711. The third-order valence-electron chi connectivity index (χ3n) is 10.2. The van der Waals surface area contributed by atoms with E-state index in [1.54, 1.807) is 13.1 Å². The van der Waals surface area contributed by atoms with E-state index in [0.717, 1.165) is 5.56 Å². The maximum atomic E-state index is 10.8. The topological polar surface area (TPSA) is 73.6 Å². The summed E-state index contributed by atoms with van der Waals surface area (Å²) in [5, 5.41) is 31.0. The van der Waals surface area contributed by atoms with Crippen molar-refractivity contribution in [3.05, 3.63) is 66.0 Å². The highest BCUT2D eigenvalue weighted by Gasteiger charge is 2.49. The molecule has 42 heavy (non-hydrogen) atoms. The van der Waals surface area contributed by atoms with Crippen molar-refractivity contribution >= 4 is 0 Å². The number of aliphatic hydroxyl groups is 3. The van der Waals surface area contributed by atoms with E-state index in [1.807, 2.05) is 55.5 Å². The zero-order chi connectivity index (χ0) is 27.9.